The average Bonchev–Trinajstić information content (AvgIpc) is 2.62. The van der Waals surface area contributed by atoms with E-state index in [0.717, 1.165) is 24.5 Å². The van der Waals surface area contributed by atoms with Crippen LogP contribution in [0.2, 0.25) is 0 Å². The number of hydrogen-bond acceptors (Lipinski definition) is 0. The van der Waals surface area contributed by atoms with Crippen LogP contribution < -0.4 is 0 Å². The second-order valence-corrected chi connectivity index (χ2v) is 8.24. The highest BCUT2D eigenvalue weighted by atomic mass is 79.9. The topological polar surface area (TPSA) is 0 Å². The summed E-state index contributed by atoms with van der Waals surface area (Å²) in [6.07, 6.45) is 8.47. The third-order valence-corrected chi connectivity index (χ3v) is 5.43. The SMILES string of the molecule is Brc1ccc(/C=C\c2ccc(/C=C\c3ccc(Br)cc3)c(Br)c2)cc1. The molecule has 0 bridgehead atoms. The molecule has 124 valence electrons. The molecular weight excluding hydrogens is 504 g/mol. The van der Waals surface area contributed by atoms with Crippen LogP contribution >= 0.6 is 47.8 Å². The number of hydrogen-bond donors (Lipinski definition) is 0. The van der Waals surface area contributed by atoms with Crippen LogP contribution in [-0.4, -0.2) is 0 Å². The van der Waals surface area contributed by atoms with E-state index >= 15 is 0 Å². The van der Waals surface area contributed by atoms with Crippen molar-refractivity contribution >= 4 is 72.1 Å². The molecule has 0 aliphatic heterocycles. The predicted molar refractivity (Wildman–Crippen MR) is 120 cm³/mol. The van der Waals surface area contributed by atoms with Crippen molar-refractivity contribution in [1.82, 2.24) is 0 Å². The lowest BCUT2D eigenvalue weighted by molar-refractivity contribution is 1.57. The van der Waals surface area contributed by atoms with Gasteiger partial charge in [-0.2, -0.15) is 0 Å². The number of rotatable bonds is 4. The molecule has 0 N–H and O–H groups in total. The highest BCUT2D eigenvalue weighted by Crippen LogP contribution is 2.23. The Bertz CT molecular complexity index is 905. The molecule has 0 aliphatic carbocycles. The molecule has 0 fully saturated rings. The van der Waals surface area contributed by atoms with Gasteiger partial charge in [0, 0.05) is 13.4 Å². The third-order valence-electron chi connectivity index (χ3n) is 3.69. The van der Waals surface area contributed by atoms with Crippen molar-refractivity contribution in [3.63, 3.8) is 0 Å². The standard InChI is InChI=1S/C22H15Br3/c23-20-11-5-16(6-12-20)1-2-18-4-10-19(22(25)15-18)9-3-17-7-13-21(24)14-8-17/h1-15H/b2-1-,9-3-. The van der Waals surface area contributed by atoms with Gasteiger partial charge in [-0.1, -0.05) is 108 Å². The van der Waals surface area contributed by atoms with Crippen LogP contribution in [0.5, 0.6) is 0 Å². The minimum Gasteiger partial charge on any atom is -0.0544 e. The van der Waals surface area contributed by atoms with Crippen molar-refractivity contribution in [1.29, 1.82) is 0 Å². The van der Waals surface area contributed by atoms with Gasteiger partial charge in [-0.25, -0.2) is 0 Å². The molecule has 3 heteroatoms. The van der Waals surface area contributed by atoms with Crippen LogP contribution in [0, 0.1) is 0 Å². The fourth-order valence-corrected chi connectivity index (χ4v) is 3.37. The van der Waals surface area contributed by atoms with Crippen LogP contribution in [-0.2, 0) is 0 Å². The highest BCUT2D eigenvalue weighted by Gasteiger charge is 1.98. The van der Waals surface area contributed by atoms with Gasteiger partial charge < -0.3 is 0 Å². The molecule has 3 aromatic carbocycles. The summed E-state index contributed by atoms with van der Waals surface area (Å²) in [6, 6.07) is 22.9. The molecule has 0 radical (unpaired) electrons. The summed E-state index contributed by atoms with van der Waals surface area (Å²) in [6.45, 7) is 0. The smallest absolute Gasteiger partial charge is 0.0253 e. The molecule has 0 nitrogen and oxygen atoms in total. The van der Waals surface area contributed by atoms with Gasteiger partial charge in [-0.3, -0.25) is 0 Å². The predicted octanol–water partition coefficient (Wildman–Crippen LogP) is 8.31. The van der Waals surface area contributed by atoms with E-state index in [0.29, 0.717) is 0 Å². The first-order valence-corrected chi connectivity index (χ1v) is 10.1. The normalized spacial score (nSPS) is 11.5. The lowest BCUT2D eigenvalue weighted by Crippen LogP contribution is -1.79. The molecule has 0 aromatic heterocycles. The van der Waals surface area contributed by atoms with E-state index in [-0.39, 0.29) is 0 Å². The quantitative estimate of drug-likeness (QED) is 0.305. The van der Waals surface area contributed by atoms with Crippen molar-refractivity contribution < 1.29 is 0 Å². The molecule has 3 aromatic rings. The van der Waals surface area contributed by atoms with Crippen molar-refractivity contribution in [3.05, 3.63) is 102 Å². The van der Waals surface area contributed by atoms with Crippen molar-refractivity contribution in [2.24, 2.45) is 0 Å². The first-order chi connectivity index (χ1) is 12.1. The second kappa shape index (κ2) is 8.79. The summed E-state index contributed by atoms with van der Waals surface area (Å²) in [5.41, 5.74) is 4.67. The van der Waals surface area contributed by atoms with Crippen LogP contribution in [0.1, 0.15) is 22.3 Å². The first kappa shape index (κ1) is 18.4. The summed E-state index contributed by atoms with van der Waals surface area (Å²) in [4.78, 5) is 0. The molecule has 0 amide bonds. The second-order valence-electron chi connectivity index (χ2n) is 5.55. The number of benzene rings is 3. The molecule has 0 atom stereocenters. The zero-order valence-corrected chi connectivity index (χ0v) is 18.1. The molecule has 0 saturated carbocycles. The number of halogens is 3. The van der Waals surface area contributed by atoms with E-state index in [1.807, 2.05) is 24.3 Å². The first-order valence-electron chi connectivity index (χ1n) is 7.77. The summed E-state index contributed by atoms with van der Waals surface area (Å²) in [5.74, 6) is 0. The zero-order valence-electron chi connectivity index (χ0n) is 13.3. The zero-order chi connectivity index (χ0) is 17.6. The summed E-state index contributed by atoms with van der Waals surface area (Å²) >= 11 is 10.6. The fourth-order valence-electron chi connectivity index (χ4n) is 2.31. The lowest BCUT2D eigenvalue weighted by Gasteiger charge is -2.02. The van der Waals surface area contributed by atoms with Gasteiger partial charge >= 0.3 is 0 Å². The van der Waals surface area contributed by atoms with Crippen LogP contribution in [0.15, 0.2) is 80.1 Å². The van der Waals surface area contributed by atoms with Gasteiger partial charge in [0.25, 0.3) is 0 Å². The summed E-state index contributed by atoms with van der Waals surface area (Å²) in [7, 11) is 0. The van der Waals surface area contributed by atoms with Gasteiger partial charge in [-0.15, -0.1) is 0 Å². The molecule has 0 aliphatic rings. The Morgan fingerprint density at radius 2 is 0.920 bits per heavy atom. The Hall–Kier alpha value is -1.42. The molecule has 0 spiro atoms. The Morgan fingerprint density at radius 1 is 0.480 bits per heavy atom. The van der Waals surface area contributed by atoms with Gasteiger partial charge in [0.2, 0.25) is 0 Å². The lowest BCUT2D eigenvalue weighted by atomic mass is 10.1. The van der Waals surface area contributed by atoms with E-state index in [1.165, 1.54) is 11.1 Å². The van der Waals surface area contributed by atoms with Crippen LogP contribution in [0.25, 0.3) is 24.3 Å². The van der Waals surface area contributed by atoms with Gasteiger partial charge in [0.1, 0.15) is 0 Å². The minimum absolute atomic E-state index is 1.08. The molecule has 25 heavy (non-hydrogen) atoms. The Kier molecular flexibility index (Phi) is 6.46. The summed E-state index contributed by atoms with van der Waals surface area (Å²) in [5, 5.41) is 0. The van der Waals surface area contributed by atoms with E-state index in [2.05, 4.69) is 115 Å². The Balaban J connectivity index is 1.74. The maximum atomic E-state index is 3.67. The van der Waals surface area contributed by atoms with Crippen molar-refractivity contribution in [2.75, 3.05) is 0 Å². The maximum absolute atomic E-state index is 3.67. The fraction of sp³-hybridized carbons (Fsp3) is 0. The molecule has 0 unspecified atom stereocenters. The van der Waals surface area contributed by atoms with Gasteiger partial charge in [0.05, 0.1) is 0 Å². The summed E-state index contributed by atoms with van der Waals surface area (Å²) < 4.78 is 3.26. The van der Waals surface area contributed by atoms with E-state index < -0.39 is 0 Å². The van der Waals surface area contributed by atoms with Gasteiger partial charge in [-0.05, 0) is 52.6 Å². The Morgan fingerprint density at radius 3 is 1.44 bits per heavy atom. The average molecular weight is 519 g/mol. The molecular formula is C22H15Br3. The van der Waals surface area contributed by atoms with Crippen LogP contribution in [0.4, 0.5) is 0 Å². The molecule has 0 saturated heterocycles. The molecule has 0 heterocycles. The minimum atomic E-state index is 1.08. The maximum Gasteiger partial charge on any atom is 0.0253 e. The van der Waals surface area contributed by atoms with Crippen LogP contribution in [0.3, 0.4) is 0 Å². The van der Waals surface area contributed by atoms with Crippen molar-refractivity contribution in [2.45, 2.75) is 0 Å². The Labute approximate surface area is 173 Å². The largest absolute Gasteiger partial charge is 0.0544 e. The van der Waals surface area contributed by atoms with E-state index in [1.54, 1.807) is 0 Å². The van der Waals surface area contributed by atoms with E-state index in [4.69, 9.17) is 0 Å². The van der Waals surface area contributed by atoms with E-state index in [9.17, 15) is 0 Å². The van der Waals surface area contributed by atoms with Crippen molar-refractivity contribution in [3.8, 4) is 0 Å². The monoisotopic (exact) mass is 516 g/mol. The highest BCUT2D eigenvalue weighted by molar-refractivity contribution is 9.11. The van der Waals surface area contributed by atoms with Gasteiger partial charge in [0.15, 0.2) is 0 Å². The third kappa shape index (κ3) is 5.53. The molecule has 3 rings (SSSR count).